The number of fused-ring (bicyclic) bond motifs is 2. The molecule has 0 aliphatic heterocycles. The Balaban J connectivity index is 1.74. The maximum Gasteiger partial charge on any atom is 0.329 e. The zero-order valence-corrected chi connectivity index (χ0v) is 15.5. The summed E-state index contributed by atoms with van der Waals surface area (Å²) in [6.45, 7) is 1.13. The van der Waals surface area contributed by atoms with Crippen LogP contribution in [0.1, 0.15) is 11.1 Å². The third-order valence-electron chi connectivity index (χ3n) is 5.25. The van der Waals surface area contributed by atoms with Crippen LogP contribution in [0.25, 0.3) is 21.8 Å². The first-order valence-electron chi connectivity index (χ1n) is 9.49. The molecule has 3 heteroatoms. The van der Waals surface area contributed by atoms with Crippen molar-refractivity contribution >= 4 is 21.8 Å². The highest BCUT2D eigenvalue weighted by Crippen LogP contribution is 2.23. The summed E-state index contributed by atoms with van der Waals surface area (Å²) in [5, 5.41) is 2.29. The number of benzene rings is 4. The van der Waals surface area contributed by atoms with E-state index in [1.807, 2.05) is 57.7 Å². The third kappa shape index (κ3) is 2.91. The van der Waals surface area contributed by atoms with E-state index in [0.717, 1.165) is 32.9 Å². The molecule has 0 radical (unpaired) electrons. The molecule has 0 bridgehead atoms. The number of hydrogen-bond donors (Lipinski definition) is 0. The van der Waals surface area contributed by atoms with E-state index < -0.39 is 0 Å². The molecule has 3 nitrogen and oxygen atoms in total. The largest absolute Gasteiger partial charge is 0.329 e. The lowest BCUT2D eigenvalue weighted by Crippen LogP contribution is -2.25. The van der Waals surface area contributed by atoms with E-state index in [4.69, 9.17) is 0 Å². The van der Waals surface area contributed by atoms with E-state index in [1.165, 1.54) is 0 Å². The van der Waals surface area contributed by atoms with Crippen molar-refractivity contribution in [1.82, 2.24) is 9.13 Å². The summed E-state index contributed by atoms with van der Waals surface area (Å²) < 4.78 is 3.78. The number of aromatic nitrogens is 2. The number of imidazole rings is 1. The van der Waals surface area contributed by atoms with Crippen LogP contribution in [-0.2, 0) is 13.1 Å². The Morgan fingerprint density at radius 1 is 0.536 bits per heavy atom. The molecular weight excluding hydrogens is 344 g/mol. The first-order chi connectivity index (χ1) is 13.8. The minimum atomic E-state index is 0.0259. The number of nitrogens with zero attached hydrogens (tertiary/aromatic N) is 2. The lowest BCUT2D eigenvalue weighted by molar-refractivity contribution is 0.701. The van der Waals surface area contributed by atoms with Gasteiger partial charge in [0.15, 0.2) is 0 Å². The monoisotopic (exact) mass is 364 g/mol. The van der Waals surface area contributed by atoms with Crippen molar-refractivity contribution in [3.63, 3.8) is 0 Å². The fourth-order valence-electron chi connectivity index (χ4n) is 3.84. The van der Waals surface area contributed by atoms with Crippen molar-refractivity contribution in [2.24, 2.45) is 0 Å². The predicted octanol–water partition coefficient (Wildman–Crippen LogP) is 5.05. The zero-order valence-electron chi connectivity index (χ0n) is 15.5. The number of rotatable bonds is 4. The van der Waals surface area contributed by atoms with Crippen LogP contribution < -0.4 is 5.69 Å². The van der Waals surface area contributed by atoms with Crippen molar-refractivity contribution in [3.8, 4) is 0 Å². The van der Waals surface area contributed by atoms with E-state index in [9.17, 15) is 4.79 Å². The van der Waals surface area contributed by atoms with Crippen molar-refractivity contribution in [1.29, 1.82) is 0 Å². The fraction of sp³-hybridized carbons (Fsp3) is 0.0800. The maximum atomic E-state index is 13.4. The van der Waals surface area contributed by atoms with E-state index >= 15 is 0 Å². The highest BCUT2D eigenvalue weighted by Gasteiger charge is 2.15. The van der Waals surface area contributed by atoms with Crippen molar-refractivity contribution in [3.05, 3.63) is 119 Å². The smallest absolute Gasteiger partial charge is 0.287 e. The molecule has 5 aromatic rings. The standard InChI is InChI=1S/C25H20N2O/c28-25-26(17-19-9-3-1-4-10-19)23-15-21-13-7-8-14-22(21)16-24(23)27(25)18-20-11-5-2-6-12-20/h1-16H,17-18H2. The van der Waals surface area contributed by atoms with E-state index in [0.29, 0.717) is 13.1 Å². The molecule has 136 valence electrons. The van der Waals surface area contributed by atoms with Gasteiger partial charge in [-0.15, -0.1) is 0 Å². The van der Waals surface area contributed by atoms with Crippen molar-refractivity contribution in [2.45, 2.75) is 13.1 Å². The van der Waals surface area contributed by atoms with Crippen LogP contribution in [0.4, 0.5) is 0 Å². The van der Waals surface area contributed by atoms with Crippen molar-refractivity contribution in [2.75, 3.05) is 0 Å². The van der Waals surface area contributed by atoms with Crippen LogP contribution >= 0.6 is 0 Å². The van der Waals surface area contributed by atoms with E-state index in [1.54, 1.807) is 0 Å². The van der Waals surface area contributed by atoms with Gasteiger partial charge in [-0.1, -0.05) is 84.9 Å². The Kier molecular flexibility index (Phi) is 4.06. The summed E-state index contributed by atoms with van der Waals surface area (Å²) in [5.41, 5.74) is 4.22. The highest BCUT2D eigenvalue weighted by atomic mass is 16.1. The van der Waals surface area contributed by atoms with E-state index in [2.05, 4.69) is 48.5 Å². The van der Waals surface area contributed by atoms with Gasteiger partial charge in [-0.3, -0.25) is 9.13 Å². The van der Waals surface area contributed by atoms with Gasteiger partial charge in [0.25, 0.3) is 0 Å². The molecule has 4 aromatic carbocycles. The molecule has 0 fully saturated rings. The van der Waals surface area contributed by atoms with Gasteiger partial charge in [-0.05, 0) is 34.0 Å². The highest BCUT2D eigenvalue weighted by molar-refractivity contribution is 5.95. The Morgan fingerprint density at radius 2 is 0.929 bits per heavy atom. The van der Waals surface area contributed by atoms with Crippen LogP contribution in [0.2, 0.25) is 0 Å². The minimum Gasteiger partial charge on any atom is -0.287 e. The Bertz CT molecular complexity index is 1210. The predicted molar refractivity (Wildman–Crippen MR) is 115 cm³/mol. The summed E-state index contributed by atoms with van der Waals surface area (Å²) in [7, 11) is 0. The third-order valence-corrected chi connectivity index (χ3v) is 5.25. The average Bonchev–Trinajstić information content (AvgIpc) is 2.99. The molecule has 0 saturated heterocycles. The Hall–Kier alpha value is -3.59. The molecule has 5 rings (SSSR count). The van der Waals surface area contributed by atoms with Crippen LogP contribution in [-0.4, -0.2) is 9.13 Å². The van der Waals surface area contributed by atoms with Gasteiger partial charge in [0, 0.05) is 0 Å². The van der Waals surface area contributed by atoms with Crippen LogP contribution in [0.5, 0.6) is 0 Å². The molecule has 1 heterocycles. The number of hydrogen-bond acceptors (Lipinski definition) is 1. The SMILES string of the molecule is O=c1n(Cc2ccccc2)c2cc3ccccc3cc2n1Cc1ccccc1. The normalized spacial score (nSPS) is 11.3. The topological polar surface area (TPSA) is 26.9 Å². The Labute approximate surface area is 163 Å². The Morgan fingerprint density at radius 3 is 1.36 bits per heavy atom. The maximum absolute atomic E-state index is 13.4. The quantitative estimate of drug-likeness (QED) is 0.438. The van der Waals surface area contributed by atoms with Gasteiger partial charge < -0.3 is 0 Å². The van der Waals surface area contributed by atoms with Gasteiger partial charge in [-0.2, -0.15) is 0 Å². The van der Waals surface area contributed by atoms with Gasteiger partial charge >= 0.3 is 5.69 Å². The molecule has 0 N–H and O–H groups in total. The summed E-state index contributed by atoms with van der Waals surface area (Å²) >= 11 is 0. The molecule has 0 atom stereocenters. The van der Waals surface area contributed by atoms with Crippen LogP contribution in [0.3, 0.4) is 0 Å². The second-order valence-electron chi connectivity index (χ2n) is 7.11. The molecule has 0 aliphatic carbocycles. The van der Waals surface area contributed by atoms with Crippen LogP contribution in [0.15, 0.2) is 102 Å². The zero-order chi connectivity index (χ0) is 18.9. The lowest BCUT2D eigenvalue weighted by atomic mass is 10.1. The molecule has 0 saturated carbocycles. The van der Waals surface area contributed by atoms with E-state index in [-0.39, 0.29) is 5.69 Å². The first-order valence-corrected chi connectivity index (χ1v) is 9.49. The molecule has 1 aromatic heterocycles. The van der Waals surface area contributed by atoms with Crippen LogP contribution in [0, 0.1) is 0 Å². The first kappa shape index (κ1) is 16.6. The molecule has 0 aliphatic rings. The average molecular weight is 364 g/mol. The molecule has 0 spiro atoms. The lowest BCUT2D eigenvalue weighted by Gasteiger charge is -2.05. The summed E-state index contributed by atoms with van der Waals surface area (Å²) in [6.07, 6.45) is 0. The summed E-state index contributed by atoms with van der Waals surface area (Å²) in [4.78, 5) is 13.4. The summed E-state index contributed by atoms with van der Waals surface area (Å²) in [6, 6.07) is 32.8. The van der Waals surface area contributed by atoms with Crippen molar-refractivity contribution < 1.29 is 0 Å². The van der Waals surface area contributed by atoms with Gasteiger partial charge in [-0.25, -0.2) is 4.79 Å². The van der Waals surface area contributed by atoms with Gasteiger partial charge in [0.1, 0.15) is 0 Å². The van der Waals surface area contributed by atoms with Gasteiger partial charge in [0.2, 0.25) is 0 Å². The second kappa shape index (κ2) is 6.86. The molecule has 28 heavy (non-hydrogen) atoms. The van der Waals surface area contributed by atoms with Gasteiger partial charge in [0.05, 0.1) is 24.1 Å². The molecular formula is C25H20N2O. The fourth-order valence-corrected chi connectivity index (χ4v) is 3.84. The molecule has 0 unspecified atom stereocenters. The summed E-state index contributed by atoms with van der Waals surface area (Å²) in [5.74, 6) is 0. The second-order valence-corrected chi connectivity index (χ2v) is 7.11. The minimum absolute atomic E-state index is 0.0259. The molecule has 0 amide bonds.